The lowest BCUT2D eigenvalue weighted by Crippen LogP contribution is -2.32. The minimum Gasteiger partial charge on any atom is -0.478 e. The van der Waals surface area contributed by atoms with Gasteiger partial charge in [0.2, 0.25) is 11.7 Å². The summed E-state index contributed by atoms with van der Waals surface area (Å²) in [5.74, 6) is -0.722. The monoisotopic (exact) mass is 366 g/mol. The molecule has 1 unspecified atom stereocenters. The van der Waals surface area contributed by atoms with Gasteiger partial charge in [0.15, 0.2) is 0 Å². The highest BCUT2D eigenvalue weighted by atomic mass is 16.5. The third kappa shape index (κ3) is 4.17. The molecule has 1 amide bonds. The van der Waals surface area contributed by atoms with E-state index < -0.39 is 12.0 Å². The van der Waals surface area contributed by atoms with Crippen molar-refractivity contribution in [1.82, 2.24) is 20.4 Å². The van der Waals surface area contributed by atoms with Gasteiger partial charge in [0.25, 0.3) is 5.91 Å². The lowest BCUT2D eigenvalue weighted by atomic mass is 10.0. The summed E-state index contributed by atoms with van der Waals surface area (Å²) < 4.78 is 5.35. The number of aromatic carboxylic acids is 1. The predicted molar refractivity (Wildman–Crippen MR) is 96.0 cm³/mol. The summed E-state index contributed by atoms with van der Waals surface area (Å²) in [6, 6.07) is 8.79. The second-order valence-electron chi connectivity index (χ2n) is 6.28. The molecule has 0 aliphatic heterocycles. The molecule has 0 aliphatic carbocycles. The van der Waals surface area contributed by atoms with E-state index in [1.165, 1.54) is 24.3 Å². The van der Waals surface area contributed by atoms with E-state index in [9.17, 15) is 9.59 Å². The van der Waals surface area contributed by atoms with E-state index in [1.54, 1.807) is 18.5 Å². The van der Waals surface area contributed by atoms with Crippen molar-refractivity contribution >= 4 is 11.9 Å². The minimum atomic E-state index is -1.05. The van der Waals surface area contributed by atoms with Crippen molar-refractivity contribution in [2.75, 3.05) is 0 Å². The third-order valence-electron chi connectivity index (χ3n) is 3.97. The zero-order chi connectivity index (χ0) is 19.4. The van der Waals surface area contributed by atoms with E-state index in [0.717, 1.165) is 0 Å². The molecule has 0 saturated carbocycles. The number of nitrogens with zero attached hydrogens (tertiary/aromatic N) is 3. The maximum Gasteiger partial charge on any atom is 0.335 e. The van der Waals surface area contributed by atoms with Gasteiger partial charge in [-0.05, 0) is 42.3 Å². The van der Waals surface area contributed by atoms with Crippen LogP contribution in [0.25, 0.3) is 11.4 Å². The normalized spacial score (nSPS) is 12.0. The second kappa shape index (κ2) is 7.77. The fraction of sp³-hybridized carbons (Fsp3) is 0.211. The second-order valence-corrected chi connectivity index (χ2v) is 6.28. The molecule has 0 saturated heterocycles. The van der Waals surface area contributed by atoms with E-state index in [2.05, 4.69) is 20.4 Å². The fourth-order valence-electron chi connectivity index (χ4n) is 2.48. The predicted octanol–water partition coefficient (Wildman–Crippen LogP) is 2.96. The Kier molecular flexibility index (Phi) is 5.25. The number of hydrogen-bond donors (Lipinski definition) is 2. The number of nitrogens with one attached hydrogen (secondary N) is 1. The summed E-state index contributed by atoms with van der Waals surface area (Å²) in [6.07, 6.45) is 3.28. The molecule has 3 rings (SSSR count). The van der Waals surface area contributed by atoms with Crippen molar-refractivity contribution in [3.63, 3.8) is 0 Å². The van der Waals surface area contributed by atoms with Crippen molar-refractivity contribution in [2.24, 2.45) is 5.92 Å². The Bertz CT molecular complexity index is 936. The maximum atomic E-state index is 12.5. The molecule has 27 heavy (non-hydrogen) atoms. The van der Waals surface area contributed by atoms with Gasteiger partial charge in [-0.15, -0.1) is 0 Å². The molecule has 1 atom stereocenters. The SMILES string of the molecule is CC(C)C(NC(=O)c1ccc(C(=O)O)cc1)c1nc(-c2cccnc2)no1. The topological polar surface area (TPSA) is 118 Å². The third-order valence-corrected chi connectivity index (χ3v) is 3.97. The van der Waals surface area contributed by atoms with Gasteiger partial charge in [-0.25, -0.2) is 4.79 Å². The zero-order valence-corrected chi connectivity index (χ0v) is 14.8. The molecule has 2 heterocycles. The molecule has 8 nitrogen and oxygen atoms in total. The number of carboxylic acid groups (broad SMARTS) is 1. The Balaban J connectivity index is 1.79. The van der Waals surface area contributed by atoms with Crippen LogP contribution in [-0.4, -0.2) is 32.1 Å². The van der Waals surface area contributed by atoms with Crippen LogP contribution in [-0.2, 0) is 0 Å². The van der Waals surface area contributed by atoms with Gasteiger partial charge >= 0.3 is 5.97 Å². The minimum absolute atomic E-state index is 0.00515. The summed E-state index contributed by atoms with van der Waals surface area (Å²) in [4.78, 5) is 31.9. The number of benzene rings is 1. The summed E-state index contributed by atoms with van der Waals surface area (Å²) in [5, 5.41) is 15.8. The highest BCUT2D eigenvalue weighted by molar-refractivity contribution is 5.96. The smallest absolute Gasteiger partial charge is 0.335 e. The number of carboxylic acids is 1. The Hall–Kier alpha value is -3.55. The number of pyridine rings is 1. The molecular formula is C19H18N4O4. The van der Waals surface area contributed by atoms with Crippen LogP contribution in [0, 0.1) is 5.92 Å². The van der Waals surface area contributed by atoms with Crippen molar-refractivity contribution in [3.05, 3.63) is 65.8 Å². The van der Waals surface area contributed by atoms with Gasteiger partial charge < -0.3 is 14.9 Å². The molecule has 0 radical (unpaired) electrons. The highest BCUT2D eigenvalue weighted by Gasteiger charge is 2.25. The van der Waals surface area contributed by atoms with E-state index in [1.807, 2.05) is 19.9 Å². The quantitative estimate of drug-likeness (QED) is 0.688. The van der Waals surface area contributed by atoms with E-state index in [0.29, 0.717) is 22.8 Å². The summed E-state index contributed by atoms with van der Waals surface area (Å²) in [6.45, 7) is 3.85. The van der Waals surface area contributed by atoms with Gasteiger partial charge in [-0.1, -0.05) is 19.0 Å². The number of hydrogen-bond acceptors (Lipinski definition) is 6. The van der Waals surface area contributed by atoms with Crippen LogP contribution in [0.2, 0.25) is 0 Å². The molecule has 0 spiro atoms. The Morgan fingerprint density at radius 3 is 2.41 bits per heavy atom. The van der Waals surface area contributed by atoms with Crippen molar-refractivity contribution in [2.45, 2.75) is 19.9 Å². The van der Waals surface area contributed by atoms with Crippen LogP contribution in [0.1, 0.15) is 46.5 Å². The average Bonchev–Trinajstić information content (AvgIpc) is 3.16. The van der Waals surface area contributed by atoms with Crippen LogP contribution in [0.3, 0.4) is 0 Å². The van der Waals surface area contributed by atoms with E-state index in [4.69, 9.17) is 9.63 Å². The zero-order valence-electron chi connectivity index (χ0n) is 14.8. The molecule has 2 N–H and O–H groups in total. The molecule has 1 aromatic carbocycles. The van der Waals surface area contributed by atoms with Gasteiger partial charge in [0, 0.05) is 23.5 Å². The van der Waals surface area contributed by atoms with Crippen LogP contribution < -0.4 is 5.32 Å². The van der Waals surface area contributed by atoms with Crippen molar-refractivity contribution < 1.29 is 19.2 Å². The van der Waals surface area contributed by atoms with Gasteiger partial charge in [0.05, 0.1) is 5.56 Å². The van der Waals surface area contributed by atoms with Gasteiger partial charge in [-0.2, -0.15) is 4.98 Å². The highest BCUT2D eigenvalue weighted by Crippen LogP contribution is 2.23. The molecule has 2 aromatic heterocycles. The van der Waals surface area contributed by atoms with Gasteiger partial charge in [0.1, 0.15) is 6.04 Å². The molecule has 0 aliphatic rings. The lowest BCUT2D eigenvalue weighted by molar-refractivity contribution is 0.0696. The largest absolute Gasteiger partial charge is 0.478 e. The number of carbonyl (C=O) groups is 2. The Labute approximate surface area is 155 Å². The van der Waals surface area contributed by atoms with Crippen LogP contribution in [0.4, 0.5) is 0 Å². The first-order valence-electron chi connectivity index (χ1n) is 8.34. The molecule has 8 heteroatoms. The first-order chi connectivity index (χ1) is 13.0. The Morgan fingerprint density at radius 1 is 1.11 bits per heavy atom. The molecule has 3 aromatic rings. The first-order valence-corrected chi connectivity index (χ1v) is 8.34. The number of aromatic nitrogens is 3. The summed E-state index contributed by atoms with van der Waals surface area (Å²) in [7, 11) is 0. The maximum absolute atomic E-state index is 12.5. The Morgan fingerprint density at radius 2 is 1.81 bits per heavy atom. The van der Waals surface area contributed by atoms with Crippen molar-refractivity contribution in [1.29, 1.82) is 0 Å². The number of amides is 1. The molecule has 138 valence electrons. The fourth-order valence-corrected chi connectivity index (χ4v) is 2.48. The standard InChI is InChI=1S/C19H18N4O4/c1-11(2)15(18-22-16(23-27-18)14-4-3-9-20-10-14)21-17(24)12-5-7-13(8-6-12)19(25)26/h3-11,15H,1-2H3,(H,21,24)(H,25,26). The van der Waals surface area contributed by atoms with Crippen molar-refractivity contribution in [3.8, 4) is 11.4 Å². The number of rotatable bonds is 6. The molecule has 0 fully saturated rings. The summed E-state index contributed by atoms with van der Waals surface area (Å²) >= 11 is 0. The summed E-state index contributed by atoms with van der Waals surface area (Å²) in [5.41, 5.74) is 1.17. The van der Waals surface area contributed by atoms with Gasteiger partial charge in [-0.3, -0.25) is 9.78 Å². The van der Waals surface area contributed by atoms with Crippen LogP contribution in [0.5, 0.6) is 0 Å². The number of carbonyl (C=O) groups excluding carboxylic acids is 1. The average molecular weight is 366 g/mol. The van der Waals surface area contributed by atoms with Crippen LogP contribution >= 0.6 is 0 Å². The lowest BCUT2D eigenvalue weighted by Gasteiger charge is -2.18. The van der Waals surface area contributed by atoms with E-state index in [-0.39, 0.29) is 17.4 Å². The molecular weight excluding hydrogens is 348 g/mol. The first kappa shape index (κ1) is 18.2. The van der Waals surface area contributed by atoms with E-state index >= 15 is 0 Å². The van der Waals surface area contributed by atoms with Crippen LogP contribution in [0.15, 0.2) is 53.3 Å². The molecule has 0 bridgehead atoms.